The van der Waals surface area contributed by atoms with Gasteiger partial charge in [0.25, 0.3) is 0 Å². The van der Waals surface area contributed by atoms with Crippen LogP contribution in [-0.2, 0) is 14.8 Å². The second-order valence-corrected chi connectivity index (χ2v) is 6.15. The predicted octanol–water partition coefficient (Wildman–Crippen LogP) is 0.214. The first-order chi connectivity index (χ1) is 7.67. The monoisotopic (exact) mass is 250 g/mol. The van der Waals surface area contributed by atoms with Gasteiger partial charge in [-0.3, -0.25) is 0 Å². The van der Waals surface area contributed by atoms with Gasteiger partial charge in [-0.2, -0.15) is 0 Å². The van der Waals surface area contributed by atoms with E-state index in [1.54, 1.807) is 0 Å². The maximum absolute atomic E-state index is 11.8. The molecule has 1 rings (SSSR count). The van der Waals surface area contributed by atoms with Gasteiger partial charge in [-0.15, -0.1) is 0 Å². The lowest BCUT2D eigenvalue weighted by Crippen LogP contribution is -2.38. The smallest absolute Gasteiger partial charge is 0.214 e. The lowest BCUT2D eigenvalue weighted by atomic mass is 10.2. The topological polar surface area (TPSA) is 81.4 Å². The van der Waals surface area contributed by atoms with Gasteiger partial charge < -0.3 is 10.5 Å². The Hall–Kier alpha value is -0.170. The molecule has 1 heterocycles. The number of unbranched alkanes of at least 4 members (excludes halogenated alkanes) is 2. The Kier molecular flexibility index (Phi) is 6.26. The maximum atomic E-state index is 11.8. The number of nitrogens with two attached hydrogens (primary N) is 1. The lowest BCUT2D eigenvalue weighted by molar-refractivity contribution is 0.0981. The van der Waals surface area contributed by atoms with Crippen LogP contribution in [0.3, 0.4) is 0 Å². The van der Waals surface area contributed by atoms with Gasteiger partial charge in [0.2, 0.25) is 10.0 Å². The SMILES string of the molecule is NCCCCCNS(=O)(=O)C1CCOCC1. The molecule has 0 spiro atoms. The third-order valence-corrected chi connectivity index (χ3v) is 4.75. The van der Waals surface area contributed by atoms with Gasteiger partial charge in [0.1, 0.15) is 0 Å². The van der Waals surface area contributed by atoms with Crippen molar-refractivity contribution in [2.24, 2.45) is 5.73 Å². The van der Waals surface area contributed by atoms with Crippen molar-refractivity contribution in [3.63, 3.8) is 0 Å². The molecule has 0 amide bonds. The molecule has 1 aliphatic rings. The fraction of sp³-hybridized carbons (Fsp3) is 1.00. The first-order valence-electron chi connectivity index (χ1n) is 5.93. The summed E-state index contributed by atoms with van der Waals surface area (Å²) in [6.45, 7) is 2.31. The van der Waals surface area contributed by atoms with E-state index in [9.17, 15) is 8.42 Å². The van der Waals surface area contributed by atoms with E-state index in [0.717, 1.165) is 19.3 Å². The first kappa shape index (κ1) is 13.9. The Morgan fingerprint density at radius 1 is 1.19 bits per heavy atom. The summed E-state index contributed by atoms with van der Waals surface area (Å²) in [5, 5.41) is -0.268. The van der Waals surface area contributed by atoms with E-state index in [-0.39, 0.29) is 5.25 Å². The summed E-state index contributed by atoms with van der Waals surface area (Å²) in [4.78, 5) is 0. The second kappa shape index (κ2) is 7.21. The van der Waals surface area contributed by atoms with Crippen molar-refractivity contribution in [2.75, 3.05) is 26.3 Å². The Morgan fingerprint density at radius 2 is 1.88 bits per heavy atom. The molecule has 1 fully saturated rings. The fourth-order valence-electron chi connectivity index (χ4n) is 1.76. The van der Waals surface area contributed by atoms with Crippen LogP contribution in [0.25, 0.3) is 0 Å². The van der Waals surface area contributed by atoms with Crippen molar-refractivity contribution in [1.29, 1.82) is 0 Å². The fourth-order valence-corrected chi connectivity index (χ4v) is 3.24. The average Bonchev–Trinajstić information content (AvgIpc) is 2.30. The summed E-state index contributed by atoms with van der Waals surface area (Å²) in [6.07, 6.45) is 4.02. The van der Waals surface area contributed by atoms with Crippen molar-refractivity contribution in [1.82, 2.24) is 4.72 Å². The van der Waals surface area contributed by atoms with Gasteiger partial charge in [0, 0.05) is 19.8 Å². The summed E-state index contributed by atoms with van der Waals surface area (Å²) >= 11 is 0. The maximum Gasteiger partial charge on any atom is 0.214 e. The van der Waals surface area contributed by atoms with E-state index >= 15 is 0 Å². The molecule has 6 heteroatoms. The van der Waals surface area contributed by atoms with Crippen molar-refractivity contribution in [3.8, 4) is 0 Å². The predicted molar refractivity (Wildman–Crippen MR) is 63.7 cm³/mol. The summed E-state index contributed by atoms with van der Waals surface area (Å²) < 4.78 is 31.5. The molecular weight excluding hydrogens is 228 g/mol. The zero-order chi connectivity index (χ0) is 11.9. The largest absolute Gasteiger partial charge is 0.381 e. The van der Waals surface area contributed by atoms with E-state index in [1.165, 1.54) is 0 Å². The van der Waals surface area contributed by atoms with Crippen LogP contribution in [-0.4, -0.2) is 40.0 Å². The number of rotatable bonds is 7. The zero-order valence-electron chi connectivity index (χ0n) is 9.65. The minimum Gasteiger partial charge on any atom is -0.381 e. The van der Waals surface area contributed by atoms with Gasteiger partial charge in [-0.1, -0.05) is 6.42 Å². The highest BCUT2D eigenvalue weighted by Crippen LogP contribution is 2.14. The number of hydrogen-bond acceptors (Lipinski definition) is 4. The highest BCUT2D eigenvalue weighted by Gasteiger charge is 2.26. The summed E-state index contributed by atoms with van der Waals surface area (Å²) in [5.74, 6) is 0. The number of ether oxygens (including phenoxy) is 1. The molecule has 0 bridgehead atoms. The van der Waals surface area contributed by atoms with Crippen LogP contribution in [0.15, 0.2) is 0 Å². The lowest BCUT2D eigenvalue weighted by Gasteiger charge is -2.22. The summed E-state index contributed by atoms with van der Waals surface area (Å²) in [7, 11) is -3.13. The van der Waals surface area contributed by atoms with Crippen molar-refractivity contribution < 1.29 is 13.2 Å². The van der Waals surface area contributed by atoms with Crippen LogP contribution < -0.4 is 10.5 Å². The van der Waals surface area contributed by atoms with Crippen LogP contribution >= 0.6 is 0 Å². The molecule has 0 aromatic heterocycles. The van der Waals surface area contributed by atoms with Crippen molar-refractivity contribution >= 4 is 10.0 Å². The molecule has 1 aliphatic heterocycles. The molecule has 0 aromatic rings. The van der Waals surface area contributed by atoms with E-state index in [2.05, 4.69) is 4.72 Å². The van der Waals surface area contributed by atoms with E-state index in [0.29, 0.717) is 39.1 Å². The summed E-state index contributed by atoms with van der Waals surface area (Å²) in [5.41, 5.74) is 5.36. The molecule has 3 N–H and O–H groups in total. The normalized spacial score (nSPS) is 18.8. The minimum atomic E-state index is -3.13. The van der Waals surface area contributed by atoms with Gasteiger partial charge in [-0.25, -0.2) is 13.1 Å². The quantitative estimate of drug-likeness (QED) is 0.633. The highest BCUT2D eigenvalue weighted by atomic mass is 32.2. The molecule has 0 atom stereocenters. The molecule has 0 radical (unpaired) electrons. The van der Waals surface area contributed by atoms with E-state index in [4.69, 9.17) is 10.5 Å². The van der Waals surface area contributed by atoms with Gasteiger partial charge in [0.05, 0.1) is 5.25 Å². The molecule has 5 nitrogen and oxygen atoms in total. The van der Waals surface area contributed by atoms with Crippen LogP contribution in [0.4, 0.5) is 0 Å². The number of hydrogen-bond donors (Lipinski definition) is 2. The molecule has 0 unspecified atom stereocenters. The Morgan fingerprint density at radius 3 is 2.50 bits per heavy atom. The van der Waals surface area contributed by atoms with Crippen molar-refractivity contribution in [2.45, 2.75) is 37.4 Å². The Labute approximate surface area is 97.8 Å². The molecule has 0 saturated carbocycles. The molecule has 16 heavy (non-hydrogen) atoms. The number of sulfonamides is 1. The van der Waals surface area contributed by atoms with Crippen molar-refractivity contribution in [3.05, 3.63) is 0 Å². The zero-order valence-corrected chi connectivity index (χ0v) is 10.5. The summed E-state index contributed by atoms with van der Waals surface area (Å²) in [6, 6.07) is 0. The first-order valence-corrected chi connectivity index (χ1v) is 7.48. The van der Waals surface area contributed by atoms with Gasteiger partial charge in [-0.05, 0) is 32.2 Å². The van der Waals surface area contributed by atoms with Crippen LogP contribution in [0.2, 0.25) is 0 Å². The Bertz CT molecular complexity index is 274. The second-order valence-electron chi connectivity index (χ2n) is 4.10. The highest BCUT2D eigenvalue weighted by molar-refractivity contribution is 7.90. The molecule has 96 valence electrons. The molecule has 1 saturated heterocycles. The van der Waals surface area contributed by atoms with Crippen LogP contribution in [0, 0.1) is 0 Å². The van der Waals surface area contributed by atoms with Gasteiger partial charge in [0.15, 0.2) is 0 Å². The third kappa shape index (κ3) is 4.78. The van der Waals surface area contributed by atoms with E-state index < -0.39 is 10.0 Å². The third-order valence-electron chi connectivity index (χ3n) is 2.79. The number of nitrogens with one attached hydrogen (secondary N) is 1. The molecular formula is C10H22N2O3S. The van der Waals surface area contributed by atoms with Crippen LogP contribution in [0.1, 0.15) is 32.1 Å². The molecule has 0 aliphatic carbocycles. The van der Waals surface area contributed by atoms with Gasteiger partial charge >= 0.3 is 0 Å². The minimum absolute atomic E-state index is 0.268. The molecule has 0 aromatic carbocycles. The Balaban J connectivity index is 2.22. The standard InChI is InChI=1S/C10H22N2O3S/c11-6-2-1-3-7-12-16(13,14)10-4-8-15-9-5-10/h10,12H,1-9,11H2. The van der Waals surface area contributed by atoms with E-state index in [1.807, 2.05) is 0 Å². The van der Waals surface area contributed by atoms with Crippen LogP contribution in [0.5, 0.6) is 0 Å². The average molecular weight is 250 g/mol.